The first kappa shape index (κ1) is 28.8. The van der Waals surface area contributed by atoms with E-state index in [1.807, 2.05) is 63.2 Å². The highest BCUT2D eigenvalue weighted by Crippen LogP contribution is 2.43. The van der Waals surface area contributed by atoms with Gasteiger partial charge in [-0.3, -0.25) is 9.78 Å². The van der Waals surface area contributed by atoms with E-state index in [1.165, 1.54) is 0 Å². The van der Waals surface area contributed by atoms with Gasteiger partial charge in [-0.2, -0.15) is 0 Å². The second kappa shape index (κ2) is 11.6. The molecule has 5 rings (SSSR count). The molecular weight excluding hydrogens is 538 g/mol. The number of hydrogen-bond acceptors (Lipinski definition) is 8. The summed E-state index contributed by atoms with van der Waals surface area (Å²) in [7, 11) is 4.68. The van der Waals surface area contributed by atoms with Crippen molar-refractivity contribution in [2.45, 2.75) is 38.8 Å². The predicted octanol–water partition coefficient (Wildman–Crippen LogP) is 5.93. The molecule has 10 heteroatoms. The van der Waals surface area contributed by atoms with Crippen molar-refractivity contribution in [3.63, 3.8) is 0 Å². The predicted molar refractivity (Wildman–Crippen MR) is 158 cm³/mol. The Morgan fingerprint density at radius 2 is 1.71 bits per heavy atom. The number of methoxy groups -OCH3 is 3. The van der Waals surface area contributed by atoms with Crippen molar-refractivity contribution in [3.8, 4) is 39.7 Å². The zero-order valence-electron chi connectivity index (χ0n) is 24.6. The van der Waals surface area contributed by atoms with Gasteiger partial charge in [-0.15, -0.1) is 0 Å². The number of carbonyl (C=O) groups excluding carboxylic acids is 2. The van der Waals surface area contributed by atoms with E-state index in [4.69, 9.17) is 23.4 Å². The van der Waals surface area contributed by atoms with Gasteiger partial charge in [-0.25, -0.2) is 4.79 Å². The topological polar surface area (TPSA) is 112 Å². The quantitative estimate of drug-likeness (QED) is 0.290. The van der Waals surface area contributed by atoms with Crippen LogP contribution >= 0.6 is 0 Å². The molecular formula is C32H35N3O7. The van der Waals surface area contributed by atoms with Crippen molar-refractivity contribution < 1.29 is 33.0 Å². The molecule has 220 valence electrons. The minimum absolute atomic E-state index is 0.104. The van der Waals surface area contributed by atoms with E-state index in [0.29, 0.717) is 59.2 Å². The van der Waals surface area contributed by atoms with Gasteiger partial charge in [0.2, 0.25) is 5.75 Å². The lowest BCUT2D eigenvalue weighted by Crippen LogP contribution is -2.41. The fourth-order valence-electron chi connectivity index (χ4n) is 5.07. The average Bonchev–Trinajstić information content (AvgIpc) is 3.62. The molecule has 2 amide bonds. The van der Waals surface area contributed by atoms with Crippen LogP contribution < -0.4 is 19.5 Å². The van der Waals surface area contributed by atoms with Gasteiger partial charge in [0.05, 0.1) is 27.4 Å². The maximum Gasteiger partial charge on any atom is 0.407 e. The highest BCUT2D eigenvalue weighted by atomic mass is 16.6. The highest BCUT2D eigenvalue weighted by Gasteiger charge is 2.29. The lowest BCUT2D eigenvalue weighted by atomic mass is 10.0. The largest absolute Gasteiger partial charge is 0.493 e. The number of amides is 2. The molecule has 1 fully saturated rings. The summed E-state index contributed by atoms with van der Waals surface area (Å²) in [6, 6.07) is 14.6. The number of rotatable bonds is 7. The van der Waals surface area contributed by atoms with E-state index in [2.05, 4.69) is 10.3 Å². The molecule has 42 heavy (non-hydrogen) atoms. The summed E-state index contributed by atoms with van der Waals surface area (Å²) in [6.07, 6.45) is 1.90. The minimum Gasteiger partial charge on any atom is -0.493 e. The third-order valence-corrected chi connectivity index (χ3v) is 6.98. The third kappa shape index (κ3) is 5.97. The Balaban J connectivity index is 1.39. The number of pyridine rings is 1. The average molecular weight is 574 g/mol. The van der Waals surface area contributed by atoms with Crippen LogP contribution in [-0.4, -0.2) is 67.9 Å². The van der Waals surface area contributed by atoms with E-state index in [0.717, 1.165) is 16.7 Å². The monoisotopic (exact) mass is 573 g/mol. The van der Waals surface area contributed by atoms with Crippen molar-refractivity contribution in [2.24, 2.45) is 0 Å². The summed E-state index contributed by atoms with van der Waals surface area (Å²) in [5.41, 5.74) is 3.59. The van der Waals surface area contributed by atoms with Crippen LogP contribution in [0.2, 0.25) is 0 Å². The van der Waals surface area contributed by atoms with Crippen molar-refractivity contribution >= 4 is 23.1 Å². The first-order chi connectivity index (χ1) is 20.1. The van der Waals surface area contributed by atoms with Gasteiger partial charge in [0.25, 0.3) is 5.91 Å². The van der Waals surface area contributed by atoms with Crippen LogP contribution in [0.5, 0.6) is 17.2 Å². The van der Waals surface area contributed by atoms with Gasteiger partial charge in [0.1, 0.15) is 16.9 Å². The van der Waals surface area contributed by atoms with Crippen LogP contribution in [0, 0.1) is 0 Å². The molecule has 0 bridgehead atoms. The fourth-order valence-corrected chi connectivity index (χ4v) is 5.07. The summed E-state index contributed by atoms with van der Waals surface area (Å²) in [4.78, 5) is 31.9. The Kier molecular flexibility index (Phi) is 7.98. The van der Waals surface area contributed by atoms with Gasteiger partial charge >= 0.3 is 6.09 Å². The molecule has 0 aliphatic carbocycles. The number of fused-ring (bicyclic) bond motifs is 1. The summed E-state index contributed by atoms with van der Waals surface area (Å²) in [6.45, 7) is 6.41. The third-order valence-electron chi connectivity index (χ3n) is 6.98. The van der Waals surface area contributed by atoms with Crippen LogP contribution in [0.1, 0.15) is 37.6 Å². The minimum atomic E-state index is -0.583. The van der Waals surface area contributed by atoms with Gasteiger partial charge < -0.3 is 33.6 Å². The number of furan rings is 1. The second-order valence-electron chi connectivity index (χ2n) is 11.1. The van der Waals surface area contributed by atoms with Crippen LogP contribution in [-0.2, 0) is 4.74 Å². The van der Waals surface area contributed by atoms with E-state index < -0.39 is 11.7 Å². The smallest absolute Gasteiger partial charge is 0.407 e. The van der Waals surface area contributed by atoms with Gasteiger partial charge in [-0.1, -0.05) is 12.1 Å². The molecule has 1 atom stereocenters. The molecule has 0 spiro atoms. The van der Waals surface area contributed by atoms with Crippen LogP contribution in [0.4, 0.5) is 4.79 Å². The molecule has 0 saturated carbocycles. The standard InChI is InChI=1S/C32H35N3O7/c1-32(2,3)42-31(37)34-22-11-13-35(18-22)30(36)20-9-7-8-19(14-20)23-10-12-33-24-17-25(41-28(23)24)21-15-26(38-4)29(40-6)27(16-21)39-5/h7-10,12,14-17,22H,11,13,18H2,1-6H3,(H,34,37). The lowest BCUT2D eigenvalue weighted by Gasteiger charge is -2.22. The maximum atomic E-state index is 13.4. The summed E-state index contributed by atoms with van der Waals surface area (Å²) >= 11 is 0. The molecule has 0 radical (unpaired) electrons. The van der Waals surface area contributed by atoms with E-state index in [1.54, 1.807) is 38.5 Å². The van der Waals surface area contributed by atoms with E-state index in [-0.39, 0.29) is 11.9 Å². The SMILES string of the molecule is COc1cc(-c2cc3nccc(-c4cccc(C(=O)N5CCC(NC(=O)OC(C)(C)C)C5)c4)c3o2)cc(OC)c1OC. The molecule has 1 unspecified atom stereocenters. The van der Waals surface area contributed by atoms with Gasteiger partial charge in [-0.05, 0) is 63.1 Å². The zero-order valence-corrected chi connectivity index (χ0v) is 24.6. The number of ether oxygens (including phenoxy) is 4. The van der Waals surface area contributed by atoms with Crippen molar-refractivity contribution in [1.82, 2.24) is 15.2 Å². The number of nitrogens with one attached hydrogen (secondary N) is 1. The molecule has 3 heterocycles. The Hall–Kier alpha value is -4.73. The number of benzene rings is 2. The lowest BCUT2D eigenvalue weighted by molar-refractivity contribution is 0.0502. The summed E-state index contributed by atoms with van der Waals surface area (Å²) in [5.74, 6) is 1.99. The number of carbonyl (C=O) groups is 2. The Morgan fingerprint density at radius 3 is 2.38 bits per heavy atom. The molecule has 1 aliphatic rings. The maximum absolute atomic E-state index is 13.4. The first-order valence-electron chi connectivity index (χ1n) is 13.7. The number of hydrogen-bond donors (Lipinski definition) is 1. The van der Waals surface area contributed by atoms with Gasteiger partial charge in [0.15, 0.2) is 17.1 Å². The van der Waals surface area contributed by atoms with Crippen molar-refractivity contribution in [2.75, 3.05) is 34.4 Å². The number of alkyl carbamates (subject to hydrolysis) is 1. The Labute approximate surface area is 244 Å². The van der Waals surface area contributed by atoms with Gasteiger partial charge in [0, 0.05) is 42.0 Å². The molecule has 1 saturated heterocycles. The summed E-state index contributed by atoms with van der Waals surface area (Å²) < 4.78 is 28.1. The van der Waals surface area contributed by atoms with Crippen molar-refractivity contribution in [3.05, 3.63) is 60.3 Å². The van der Waals surface area contributed by atoms with Crippen LogP contribution in [0.3, 0.4) is 0 Å². The number of nitrogens with zero attached hydrogens (tertiary/aromatic N) is 2. The van der Waals surface area contributed by atoms with Crippen LogP contribution in [0.15, 0.2) is 59.1 Å². The summed E-state index contributed by atoms with van der Waals surface area (Å²) in [5, 5.41) is 2.87. The number of likely N-dealkylation sites (tertiary alicyclic amines) is 1. The highest BCUT2D eigenvalue weighted by molar-refractivity contribution is 5.98. The molecule has 4 aromatic rings. The van der Waals surface area contributed by atoms with Crippen LogP contribution in [0.25, 0.3) is 33.6 Å². The molecule has 2 aromatic heterocycles. The fraction of sp³-hybridized carbons (Fsp3) is 0.344. The Morgan fingerprint density at radius 1 is 0.976 bits per heavy atom. The zero-order chi connectivity index (χ0) is 30.0. The Bertz CT molecular complexity index is 1600. The molecule has 10 nitrogen and oxygen atoms in total. The van der Waals surface area contributed by atoms with E-state index >= 15 is 0 Å². The molecule has 1 aliphatic heterocycles. The first-order valence-corrected chi connectivity index (χ1v) is 13.7. The number of aromatic nitrogens is 1. The second-order valence-corrected chi connectivity index (χ2v) is 11.1. The molecule has 2 aromatic carbocycles. The normalized spacial score (nSPS) is 15.0. The van der Waals surface area contributed by atoms with Crippen molar-refractivity contribution in [1.29, 1.82) is 0 Å². The van der Waals surface area contributed by atoms with E-state index in [9.17, 15) is 9.59 Å². The molecule has 1 N–H and O–H groups in total.